The third-order valence-corrected chi connectivity index (χ3v) is 3.42. The van der Waals surface area contributed by atoms with Crippen molar-refractivity contribution in [1.82, 2.24) is 0 Å². The molecule has 2 unspecified atom stereocenters. The Morgan fingerprint density at radius 2 is 2.00 bits per heavy atom. The summed E-state index contributed by atoms with van der Waals surface area (Å²) in [5.41, 5.74) is 0. The molecule has 0 aliphatic carbocycles. The molecule has 1 N–H and O–H groups in total. The lowest BCUT2D eigenvalue weighted by atomic mass is 9.98. The van der Waals surface area contributed by atoms with Crippen molar-refractivity contribution in [1.29, 1.82) is 0 Å². The minimum atomic E-state index is -1.48. The van der Waals surface area contributed by atoms with E-state index in [0.29, 0.717) is 5.92 Å². The SMILES string of the molecule is C=CCC(CC(CC)CO)O[Si](C)(C)C. The fourth-order valence-electron chi connectivity index (χ4n) is 1.62. The molecule has 15 heavy (non-hydrogen) atoms. The number of rotatable bonds is 8. The standard InChI is InChI=1S/C12H26O2Si/c1-6-8-12(14-15(3,4)5)9-11(7-2)10-13/h6,11-13H,1,7-10H2,2-5H3. The minimum Gasteiger partial charge on any atom is -0.414 e. The van der Waals surface area contributed by atoms with Crippen LogP contribution in [0.2, 0.25) is 19.6 Å². The average molecular weight is 230 g/mol. The molecule has 90 valence electrons. The van der Waals surface area contributed by atoms with Crippen LogP contribution in [0.4, 0.5) is 0 Å². The lowest BCUT2D eigenvalue weighted by Crippen LogP contribution is -2.33. The van der Waals surface area contributed by atoms with Crippen LogP contribution in [0.25, 0.3) is 0 Å². The fourth-order valence-corrected chi connectivity index (χ4v) is 2.81. The Labute approximate surface area is 95.5 Å². The van der Waals surface area contributed by atoms with E-state index in [1.807, 2.05) is 6.08 Å². The zero-order valence-electron chi connectivity index (χ0n) is 10.6. The molecule has 0 radical (unpaired) electrons. The largest absolute Gasteiger partial charge is 0.414 e. The molecule has 0 fully saturated rings. The molecule has 0 aliphatic heterocycles. The highest BCUT2D eigenvalue weighted by molar-refractivity contribution is 6.69. The lowest BCUT2D eigenvalue weighted by molar-refractivity contribution is 0.129. The molecular weight excluding hydrogens is 204 g/mol. The molecule has 0 aromatic carbocycles. The molecule has 0 spiro atoms. The topological polar surface area (TPSA) is 29.5 Å². The number of aliphatic hydroxyl groups excluding tert-OH is 1. The van der Waals surface area contributed by atoms with Crippen molar-refractivity contribution in [3.8, 4) is 0 Å². The van der Waals surface area contributed by atoms with Gasteiger partial charge < -0.3 is 9.53 Å². The van der Waals surface area contributed by atoms with Crippen LogP contribution >= 0.6 is 0 Å². The molecular formula is C12H26O2Si. The second kappa shape index (κ2) is 7.20. The van der Waals surface area contributed by atoms with Gasteiger partial charge >= 0.3 is 0 Å². The van der Waals surface area contributed by atoms with Gasteiger partial charge in [-0.2, -0.15) is 0 Å². The third-order valence-electron chi connectivity index (χ3n) is 2.38. The van der Waals surface area contributed by atoms with Gasteiger partial charge in [-0.05, 0) is 38.4 Å². The summed E-state index contributed by atoms with van der Waals surface area (Å²) >= 11 is 0. The maximum atomic E-state index is 9.17. The predicted octanol–water partition coefficient (Wildman–Crippen LogP) is 3.19. The Bertz CT molecular complexity index is 171. The van der Waals surface area contributed by atoms with Crippen LogP contribution in [-0.2, 0) is 4.43 Å². The van der Waals surface area contributed by atoms with E-state index in [-0.39, 0.29) is 12.7 Å². The van der Waals surface area contributed by atoms with Gasteiger partial charge in [0.25, 0.3) is 0 Å². The van der Waals surface area contributed by atoms with E-state index in [9.17, 15) is 5.11 Å². The number of aliphatic hydroxyl groups is 1. The second-order valence-electron chi connectivity index (χ2n) is 5.07. The van der Waals surface area contributed by atoms with Gasteiger partial charge in [0.05, 0.1) is 0 Å². The summed E-state index contributed by atoms with van der Waals surface area (Å²) in [6.07, 6.45) is 5.00. The van der Waals surface area contributed by atoms with Crippen molar-refractivity contribution in [2.45, 2.75) is 51.9 Å². The van der Waals surface area contributed by atoms with Crippen LogP contribution in [0.3, 0.4) is 0 Å². The van der Waals surface area contributed by atoms with Gasteiger partial charge in [-0.3, -0.25) is 0 Å². The molecule has 0 bridgehead atoms. The van der Waals surface area contributed by atoms with Crippen LogP contribution in [-0.4, -0.2) is 26.1 Å². The summed E-state index contributed by atoms with van der Waals surface area (Å²) in [4.78, 5) is 0. The molecule has 0 saturated heterocycles. The van der Waals surface area contributed by atoms with Crippen molar-refractivity contribution in [3.05, 3.63) is 12.7 Å². The van der Waals surface area contributed by atoms with E-state index in [1.165, 1.54) is 0 Å². The number of hydrogen-bond donors (Lipinski definition) is 1. The van der Waals surface area contributed by atoms with Crippen LogP contribution < -0.4 is 0 Å². The second-order valence-corrected chi connectivity index (χ2v) is 9.53. The normalized spacial score (nSPS) is 16.1. The molecule has 2 atom stereocenters. The molecule has 0 amide bonds. The van der Waals surface area contributed by atoms with Gasteiger partial charge in [0, 0.05) is 12.7 Å². The first-order chi connectivity index (χ1) is 6.92. The zero-order valence-corrected chi connectivity index (χ0v) is 11.6. The van der Waals surface area contributed by atoms with Gasteiger partial charge in [0.2, 0.25) is 0 Å². The van der Waals surface area contributed by atoms with E-state index < -0.39 is 8.32 Å². The summed E-state index contributed by atoms with van der Waals surface area (Å²) in [6.45, 7) is 12.7. The molecule has 0 heterocycles. The van der Waals surface area contributed by atoms with Gasteiger partial charge in [0.1, 0.15) is 0 Å². The van der Waals surface area contributed by atoms with Gasteiger partial charge in [-0.25, -0.2) is 0 Å². The summed E-state index contributed by atoms with van der Waals surface area (Å²) in [7, 11) is -1.48. The van der Waals surface area contributed by atoms with Crippen LogP contribution in [0.5, 0.6) is 0 Å². The first kappa shape index (κ1) is 14.9. The predicted molar refractivity (Wildman–Crippen MR) is 68.5 cm³/mol. The van der Waals surface area contributed by atoms with Gasteiger partial charge in [-0.1, -0.05) is 19.4 Å². The molecule has 0 saturated carbocycles. The van der Waals surface area contributed by atoms with Gasteiger partial charge in [-0.15, -0.1) is 6.58 Å². The Morgan fingerprint density at radius 3 is 2.33 bits per heavy atom. The third kappa shape index (κ3) is 7.77. The van der Waals surface area contributed by atoms with E-state index in [1.54, 1.807) is 0 Å². The minimum absolute atomic E-state index is 0.242. The lowest BCUT2D eigenvalue weighted by Gasteiger charge is -2.28. The van der Waals surface area contributed by atoms with E-state index in [0.717, 1.165) is 19.3 Å². The fraction of sp³-hybridized carbons (Fsp3) is 0.833. The zero-order chi connectivity index (χ0) is 11.9. The van der Waals surface area contributed by atoms with Crippen molar-refractivity contribution in [2.24, 2.45) is 5.92 Å². The molecule has 0 aromatic heterocycles. The Kier molecular flexibility index (Phi) is 7.14. The Balaban J connectivity index is 4.19. The summed E-state index contributed by atoms with van der Waals surface area (Å²) < 4.78 is 6.07. The van der Waals surface area contributed by atoms with Crippen molar-refractivity contribution in [3.63, 3.8) is 0 Å². The first-order valence-corrected chi connectivity index (χ1v) is 9.23. The highest BCUT2D eigenvalue weighted by Crippen LogP contribution is 2.19. The molecule has 0 rings (SSSR count). The highest BCUT2D eigenvalue weighted by Gasteiger charge is 2.22. The molecule has 0 aromatic rings. The summed E-state index contributed by atoms with van der Waals surface area (Å²) in [5.74, 6) is 0.367. The van der Waals surface area contributed by atoms with Crippen molar-refractivity contribution < 1.29 is 9.53 Å². The van der Waals surface area contributed by atoms with Crippen molar-refractivity contribution >= 4 is 8.32 Å². The first-order valence-electron chi connectivity index (χ1n) is 5.82. The summed E-state index contributed by atoms with van der Waals surface area (Å²) in [6, 6.07) is 0. The van der Waals surface area contributed by atoms with Crippen LogP contribution in [0.15, 0.2) is 12.7 Å². The average Bonchev–Trinajstić information content (AvgIpc) is 2.11. The number of hydrogen-bond acceptors (Lipinski definition) is 2. The van der Waals surface area contributed by atoms with Crippen LogP contribution in [0.1, 0.15) is 26.2 Å². The summed E-state index contributed by atoms with van der Waals surface area (Å²) in [5, 5.41) is 9.17. The monoisotopic (exact) mass is 230 g/mol. The maximum absolute atomic E-state index is 9.17. The van der Waals surface area contributed by atoms with Gasteiger partial charge in [0.15, 0.2) is 8.32 Å². The highest BCUT2D eigenvalue weighted by atomic mass is 28.4. The maximum Gasteiger partial charge on any atom is 0.184 e. The Morgan fingerprint density at radius 1 is 1.40 bits per heavy atom. The van der Waals surface area contributed by atoms with E-state index >= 15 is 0 Å². The molecule has 0 aliphatic rings. The molecule has 3 heteroatoms. The van der Waals surface area contributed by atoms with Crippen molar-refractivity contribution in [2.75, 3.05) is 6.61 Å². The van der Waals surface area contributed by atoms with Crippen LogP contribution in [0, 0.1) is 5.92 Å². The van der Waals surface area contributed by atoms with E-state index in [2.05, 4.69) is 33.1 Å². The van der Waals surface area contributed by atoms with E-state index in [4.69, 9.17) is 4.43 Å². The quantitative estimate of drug-likeness (QED) is 0.512. The molecule has 2 nitrogen and oxygen atoms in total. The Hall–Kier alpha value is -0.123. The smallest absolute Gasteiger partial charge is 0.184 e.